The first kappa shape index (κ1) is 19.7. The summed E-state index contributed by atoms with van der Waals surface area (Å²) in [6, 6.07) is 14.3. The van der Waals surface area contributed by atoms with Crippen LogP contribution in [0.4, 0.5) is 10.1 Å². The standard InChI is InChI=1S/C23H28FN3O2/c24-20-6-2-3-7-21(20)26-13-15-27(16-14-26)23(29)18-9-11-25(12-10-18)17-19-5-1-4-8-22(19)28/h1-8,18,28H,9-17H2/p+1. The molecule has 2 aliphatic rings. The van der Waals surface area contributed by atoms with Crippen LogP contribution >= 0.6 is 0 Å². The first-order valence-corrected chi connectivity index (χ1v) is 10.5. The summed E-state index contributed by atoms with van der Waals surface area (Å²) in [4.78, 5) is 18.4. The average molecular weight is 399 g/mol. The minimum absolute atomic E-state index is 0.0862. The number of para-hydroxylation sites is 2. The summed E-state index contributed by atoms with van der Waals surface area (Å²) >= 11 is 0. The number of likely N-dealkylation sites (tertiary alicyclic amines) is 1. The van der Waals surface area contributed by atoms with Crippen LogP contribution < -0.4 is 9.80 Å². The van der Waals surface area contributed by atoms with Gasteiger partial charge in [0.15, 0.2) is 0 Å². The van der Waals surface area contributed by atoms with E-state index in [-0.39, 0.29) is 17.6 Å². The van der Waals surface area contributed by atoms with E-state index >= 15 is 0 Å². The zero-order chi connectivity index (χ0) is 20.2. The summed E-state index contributed by atoms with van der Waals surface area (Å²) in [5.41, 5.74) is 1.59. The number of anilines is 1. The lowest BCUT2D eigenvalue weighted by Gasteiger charge is -2.38. The zero-order valence-electron chi connectivity index (χ0n) is 16.7. The maximum atomic E-state index is 14.0. The van der Waals surface area contributed by atoms with Crippen molar-refractivity contribution in [2.45, 2.75) is 19.4 Å². The van der Waals surface area contributed by atoms with Gasteiger partial charge in [0.2, 0.25) is 5.91 Å². The fraction of sp³-hybridized carbons (Fsp3) is 0.435. The van der Waals surface area contributed by atoms with E-state index in [4.69, 9.17) is 0 Å². The number of aromatic hydroxyl groups is 1. The first-order valence-electron chi connectivity index (χ1n) is 10.5. The number of quaternary nitrogens is 1. The fourth-order valence-electron chi connectivity index (χ4n) is 4.51. The number of piperidine rings is 1. The van der Waals surface area contributed by atoms with Crippen molar-refractivity contribution in [3.63, 3.8) is 0 Å². The Morgan fingerprint density at radius 3 is 2.34 bits per heavy atom. The minimum Gasteiger partial charge on any atom is -0.507 e. The van der Waals surface area contributed by atoms with E-state index in [1.54, 1.807) is 18.2 Å². The van der Waals surface area contributed by atoms with Crippen molar-refractivity contribution in [3.05, 3.63) is 59.9 Å². The van der Waals surface area contributed by atoms with E-state index < -0.39 is 0 Å². The second-order valence-corrected chi connectivity index (χ2v) is 8.09. The molecule has 0 unspecified atom stereocenters. The third-order valence-electron chi connectivity index (χ3n) is 6.26. The molecule has 1 amide bonds. The highest BCUT2D eigenvalue weighted by Crippen LogP contribution is 2.22. The molecule has 2 heterocycles. The molecular weight excluding hydrogens is 369 g/mol. The number of phenols is 1. The number of hydrogen-bond donors (Lipinski definition) is 2. The van der Waals surface area contributed by atoms with Crippen LogP contribution in [0.2, 0.25) is 0 Å². The van der Waals surface area contributed by atoms with Gasteiger partial charge in [0.25, 0.3) is 0 Å². The van der Waals surface area contributed by atoms with Gasteiger partial charge in [-0.3, -0.25) is 4.79 Å². The molecule has 154 valence electrons. The van der Waals surface area contributed by atoms with Crippen LogP contribution in [-0.4, -0.2) is 55.2 Å². The van der Waals surface area contributed by atoms with Gasteiger partial charge in [-0.25, -0.2) is 4.39 Å². The summed E-state index contributed by atoms with van der Waals surface area (Å²) in [5, 5.41) is 9.97. The van der Waals surface area contributed by atoms with Crippen LogP contribution in [0.1, 0.15) is 18.4 Å². The Morgan fingerprint density at radius 1 is 1.00 bits per heavy atom. The van der Waals surface area contributed by atoms with Gasteiger partial charge >= 0.3 is 0 Å². The smallest absolute Gasteiger partial charge is 0.226 e. The van der Waals surface area contributed by atoms with Crippen LogP contribution in [0.25, 0.3) is 0 Å². The van der Waals surface area contributed by atoms with E-state index in [9.17, 15) is 14.3 Å². The van der Waals surface area contributed by atoms with Gasteiger partial charge in [0.1, 0.15) is 18.1 Å². The number of nitrogens with zero attached hydrogens (tertiary/aromatic N) is 2. The second kappa shape index (κ2) is 8.82. The predicted octanol–water partition coefficient (Wildman–Crippen LogP) is 1.68. The molecule has 6 heteroatoms. The van der Waals surface area contributed by atoms with Gasteiger partial charge in [-0.15, -0.1) is 0 Å². The van der Waals surface area contributed by atoms with Gasteiger partial charge in [0.05, 0.1) is 18.8 Å². The summed E-state index contributed by atoms with van der Waals surface area (Å²) in [5.74, 6) is 0.487. The number of halogens is 1. The average Bonchev–Trinajstić information content (AvgIpc) is 2.76. The third kappa shape index (κ3) is 4.53. The monoisotopic (exact) mass is 398 g/mol. The molecule has 0 atom stereocenters. The van der Waals surface area contributed by atoms with Crippen molar-refractivity contribution in [2.24, 2.45) is 5.92 Å². The molecule has 0 radical (unpaired) electrons. The summed E-state index contributed by atoms with van der Waals surface area (Å²) in [6.07, 6.45) is 1.77. The van der Waals surface area contributed by atoms with Crippen LogP contribution in [-0.2, 0) is 11.3 Å². The fourth-order valence-corrected chi connectivity index (χ4v) is 4.51. The van der Waals surface area contributed by atoms with Gasteiger partial charge in [-0.1, -0.05) is 24.3 Å². The number of phenolic OH excluding ortho intramolecular Hbond substituents is 1. The molecule has 0 spiro atoms. The number of hydrogen-bond acceptors (Lipinski definition) is 3. The predicted molar refractivity (Wildman–Crippen MR) is 110 cm³/mol. The largest absolute Gasteiger partial charge is 0.507 e. The second-order valence-electron chi connectivity index (χ2n) is 8.09. The maximum absolute atomic E-state index is 14.0. The van der Waals surface area contributed by atoms with Crippen molar-refractivity contribution >= 4 is 11.6 Å². The molecular formula is C23H29FN3O2+. The Hall–Kier alpha value is -2.60. The molecule has 0 aromatic heterocycles. The molecule has 2 aliphatic heterocycles. The minimum atomic E-state index is -0.202. The molecule has 2 N–H and O–H groups in total. The number of nitrogens with one attached hydrogen (secondary N) is 1. The number of amides is 1. The maximum Gasteiger partial charge on any atom is 0.226 e. The lowest BCUT2D eigenvalue weighted by molar-refractivity contribution is -0.919. The van der Waals surface area contributed by atoms with Crippen LogP contribution in [0.15, 0.2) is 48.5 Å². The summed E-state index contributed by atoms with van der Waals surface area (Å²) < 4.78 is 14.0. The molecule has 2 saturated heterocycles. The Morgan fingerprint density at radius 2 is 1.66 bits per heavy atom. The highest BCUT2D eigenvalue weighted by Gasteiger charge is 2.32. The van der Waals surface area contributed by atoms with E-state index in [2.05, 4.69) is 0 Å². The van der Waals surface area contributed by atoms with E-state index in [1.165, 1.54) is 11.0 Å². The Kier molecular flexibility index (Phi) is 6.00. The number of benzene rings is 2. The number of carbonyl (C=O) groups excluding carboxylic acids is 1. The molecule has 0 saturated carbocycles. The Labute approximate surface area is 171 Å². The van der Waals surface area contributed by atoms with Crippen molar-refractivity contribution in [1.82, 2.24) is 4.90 Å². The number of piperazine rings is 1. The van der Waals surface area contributed by atoms with E-state index in [0.29, 0.717) is 37.6 Å². The highest BCUT2D eigenvalue weighted by molar-refractivity contribution is 5.79. The SMILES string of the molecule is O=C(C1CC[NH+](Cc2ccccc2O)CC1)N1CCN(c2ccccc2F)CC1. The van der Waals surface area contributed by atoms with Crippen LogP contribution in [0.5, 0.6) is 5.75 Å². The van der Waals surface area contributed by atoms with Crippen molar-refractivity contribution < 1.29 is 19.2 Å². The molecule has 4 rings (SSSR count). The molecule has 29 heavy (non-hydrogen) atoms. The van der Waals surface area contributed by atoms with Gasteiger partial charge in [-0.05, 0) is 24.3 Å². The van der Waals surface area contributed by atoms with Crippen molar-refractivity contribution in [2.75, 3.05) is 44.2 Å². The molecule has 2 fully saturated rings. The van der Waals surface area contributed by atoms with Crippen LogP contribution in [0.3, 0.4) is 0 Å². The molecule has 5 nitrogen and oxygen atoms in total. The quantitative estimate of drug-likeness (QED) is 0.824. The Bertz CT molecular complexity index is 844. The van der Waals surface area contributed by atoms with E-state index in [0.717, 1.165) is 38.0 Å². The lowest BCUT2D eigenvalue weighted by Crippen LogP contribution is -3.11. The van der Waals surface area contributed by atoms with Crippen molar-refractivity contribution in [3.8, 4) is 5.75 Å². The molecule has 2 aromatic carbocycles. The van der Waals surface area contributed by atoms with Crippen molar-refractivity contribution in [1.29, 1.82) is 0 Å². The van der Waals surface area contributed by atoms with Gasteiger partial charge in [-0.2, -0.15) is 0 Å². The first-order chi connectivity index (χ1) is 14.1. The normalized spacial score (nSPS) is 22.5. The topological polar surface area (TPSA) is 48.2 Å². The molecule has 0 aliphatic carbocycles. The third-order valence-corrected chi connectivity index (χ3v) is 6.26. The van der Waals surface area contributed by atoms with Gasteiger partial charge < -0.3 is 19.8 Å². The summed E-state index contributed by atoms with van der Waals surface area (Å²) in [6.45, 7) is 5.33. The summed E-state index contributed by atoms with van der Waals surface area (Å²) in [7, 11) is 0. The molecule has 0 bridgehead atoms. The van der Waals surface area contributed by atoms with E-state index in [1.807, 2.05) is 34.1 Å². The lowest BCUT2D eigenvalue weighted by atomic mass is 9.94. The van der Waals surface area contributed by atoms with Gasteiger partial charge in [0, 0.05) is 50.5 Å². The van der Waals surface area contributed by atoms with Crippen LogP contribution in [0, 0.1) is 11.7 Å². The molecule has 2 aromatic rings. The zero-order valence-corrected chi connectivity index (χ0v) is 16.7. The number of rotatable bonds is 4. The number of carbonyl (C=O) groups is 1. The Balaban J connectivity index is 1.26. The highest BCUT2D eigenvalue weighted by atomic mass is 19.1.